The number of hydrogen-bond donors (Lipinski definition) is 1. The summed E-state index contributed by atoms with van der Waals surface area (Å²) in [6, 6.07) is 11.8. The lowest BCUT2D eigenvalue weighted by Crippen LogP contribution is -2.07. The Morgan fingerprint density at radius 1 is 1.29 bits per heavy atom. The summed E-state index contributed by atoms with van der Waals surface area (Å²) >= 11 is 5.82. The lowest BCUT2D eigenvalue weighted by atomic mass is 10.1. The zero-order chi connectivity index (χ0) is 15.0. The van der Waals surface area contributed by atoms with Crippen LogP contribution in [0.5, 0.6) is 0 Å². The highest BCUT2D eigenvalue weighted by atomic mass is 35.5. The number of rotatable bonds is 3. The molecule has 1 aromatic heterocycles. The molecule has 3 nitrogen and oxygen atoms in total. The molecule has 1 unspecified atom stereocenters. The fourth-order valence-corrected chi connectivity index (χ4v) is 2.67. The van der Waals surface area contributed by atoms with E-state index in [0.29, 0.717) is 12.0 Å². The number of aromatic nitrogens is 2. The van der Waals surface area contributed by atoms with Crippen molar-refractivity contribution in [3.63, 3.8) is 0 Å². The van der Waals surface area contributed by atoms with E-state index in [0.717, 1.165) is 16.9 Å². The van der Waals surface area contributed by atoms with E-state index in [-0.39, 0.29) is 5.02 Å². The summed E-state index contributed by atoms with van der Waals surface area (Å²) in [4.78, 5) is 4.50. The Morgan fingerprint density at radius 2 is 2.05 bits per heavy atom. The second-order valence-electron chi connectivity index (χ2n) is 5.00. The van der Waals surface area contributed by atoms with E-state index in [9.17, 15) is 9.50 Å². The molecular weight excluding hydrogens is 291 g/mol. The number of hydrogen-bond acceptors (Lipinski definition) is 2. The van der Waals surface area contributed by atoms with E-state index in [1.165, 1.54) is 12.1 Å². The van der Waals surface area contributed by atoms with E-state index < -0.39 is 11.9 Å². The van der Waals surface area contributed by atoms with Crippen LogP contribution >= 0.6 is 11.6 Å². The van der Waals surface area contributed by atoms with Crippen LogP contribution in [-0.2, 0) is 13.5 Å². The van der Waals surface area contributed by atoms with Gasteiger partial charge in [-0.15, -0.1) is 0 Å². The summed E-state index contributed by atoms with van der Waals surface area (Å²) in [6.07, 6.45) is -0.556. The minimum absolute atomic E-state index is 0.272. The van der Waals surface area contributed by atoms with Gasteiger partial charge >= 0.3 is 0 Å². The van der Waals surface area contributed by atoms with Crippen molar-refractivity contribution in [1.82, 2.24) is 9.55 Å². The molecule has 108 valence electrons. The van der Waals surface area contributed by atoms with E-state index in [1.807, 2.05) is 35.9 Å². The third kappa shape index (κ3) is 2.77. The first kappa shape index (κ1) is 14.0. The van der Waals surface area contributed by atoms with Crippen molar-refractivity contribution in [1.29, 1.82) is 0 Å². The molecular formula is C16H14ClFN2O. The summed E-state index contributed by atoms with van der Waals surface area (Å²) in [5, 5.41) is 10.6. The number of imidazole rings is 1. The van der Waals surface area contributed by atoms with Gasteiger partial charge in [-0.05, 0) is 35.9 Å². The van der Waals surface area contributed by atoms with Gasteiger partial charge in [-0.25, -0.2) is 9.37 Å². The predicted molar refractivity (Wildman–Crippen MR) is 80.8 cm³/mol. The van der Waals surface area contributed by atoms with Crippen molar-refractivity contribution in [2.24, 2.45) is 7.05 Å². The first-order valence-electron chi connectivity index (χ1n) is 6.59. The molecule has 0 aliphatic heterocycles. The monoisotopic (exact) mass is 304 g/mol. The summed E-state index contributed by atoms with van der Waals surface area (Å²) in [7, 11) is 1.90. The topological polar surface area (TPSA) is 38.0 Å². The standard InChI is InChI=1S/C16H14ClFN2O/c1-20-14-5-3-2-4-13(14)19-16(20)9-15(21)10-6-11(17)8-12(18)7-10/h2-8,15,21H,9H2,1H3. The number of aliphatic hydroxyl groups excluding tert-OH is 1. The van der Waals surface area contributed by atoms with Crippen LogP contribution in [0.1, 0.15) is 17.5 Å². The number of aryl methyl sites for hydroxylation is 1. The maximum Gasteiger partial charge on any atom is 0.125 e. The van der Waals surface area contributed by atoms with Crippen LogP contribution in [0.15, 0.2) is 42.5 Å². The van der Waals surface area contributed by atoms with Crippen molar-refractivity contribution in [2.45, 2.75) is 12.5 Å². The number of benzene rings is 2. The normalized spacial score (nSPS) is 12.8. The largest absolute Gasteiger partial charge is 0.388 e. The van der Waals surface area contributed by atoms with E-state index >= 15 is 0 Å². The maximum atomic E-state index is 13.4. The van der Waals surface area contributed by atoms with Crippen LogP contribution < -0.4 is 0 Å². The molecule has 0 saturated heterocycles. The Bertz CT molecular complexity index is 780. The molecule has 0 amide bonds. The number of fused-ring (bicyclic) bond motifs is 1. The lowest BCUT2D eigenvalue weighted by Gasteiger charge is -2.11. The van der Waals surface area contributed by atoms with E-state index in [1.54, 1.807) is 6.07 Å². The SMILES string of the molecule is Cn1c(CC(O)c2cc(F)cc(Cl)c2)nc2ccccc21. The quantitative estimate of drug-likeness (QED) is 0.802. The highest BCUT2D eigenvalue weighted by molar-refractivity contribution is 6.30. The molecule has 0 fully saturated rings. The van der Waals surface area contributed by atoms with Crippen LogP contribution in [0.25, 0.3) is 11.0 Å². The molecule has 0 spiro atoms. The lowest BCUT2D eigenvalue weighted by molar-refractivity contribution is 0.174. The van der Waals surface area contributed by atoms with Gasteiger partial charge in [-0.3, -0.25) is 0 Å². The first-order valence-corrected chi connectivity index (χ1v) is 6.97. The smallest absolute Gasteiger partial charge is 0.125 e. The molecule has 0 aliphatic rings. The van der Waals surface area contributed by atoms with Gasteiger partial charge in [0.1, 0.15) is 11.6 Å². The average Bonchev–Trinajstić information content (AvgIpc) is 2.75. The van der Waals surface area contributed by atoms with Crippen LogP contribution in [0, 0.1) is 5.82 Å². The molecule has 21 heavy (non-hydrogen) atoms. The van der Waals surface area contributed by atoms with Crippen LogP contribution in [0.3, 0.4) is 0 Å². The van der Waals surface area contributed by atoms with Gasteiger partial charge in [0.05, 0.1) is 17.1 Å². The Labute approximate surface area is 126 Å². The zero-order valence-corrected chi connectivity index (χ0v) is 12.2. The molecule has 1 heterocycles. The van der Waals surface area contributed by atoms with Crippen molar-refractivity contribution in [3.8, 4) is 0 Å². The number of aliphatic hydroxyl groups is 1. The Hall–Kier alpha value is -1.91. The van der Waals surface area contributed by atoms with Gasteiger partial charge in [0, 0.05) is 18.5 Å². The second kappa shape index (κ2) is 5.47. The predicted octanol–water partition coefficient (Wildman–Crippen LogP) is 3.64. The van der Waals surface area contributed by atoms with Gasteiger partial charge in [-0.1, -0.05) is 23.7 Å². The maximum absolute atomic E-state index is 13.4. The number of nitrogens with zero attached hydrogens (tertiary/aromatic N) is 2. The van der Waals surface area contributed by atoms with Gasteiger partial charge in [-0.2, -0.15) is 0 Å². The summed E-state index contributed by atoms with van der Waals surface area (Å²) < 4.78 is 15.3. The molecule has 1 N–H and O–H groups in total. The van der Waals surface area contributed by atoms with Gasteiger partial charge < -0.3 is 9.67 Å². The molecule has 2 aromatic carbocycles. The zero-order valence-electron chi connectivity index (χ0n) is 11.4. The van der Waals surface area contributed by atoms with Gasteiger partial charge in [0.15, 0.2) is 0 Å². The highest BCUT2D eigenvalue weighted by Crippen LogP contribution is 2.24. The summed E-state index contributed by atoms with van der Waals surface area (Å²) in [5.41, 5.74) is 2.32. The van der Waals surface area contributed by atoms with E-state index in [2.05, 4.69) is 4.98 Å². The van der Waals surface area contributed by atoms with Crippen molar-refractivity contribution < 1.29 is 9.50 Å². The van der Waals surface area contributed by atoms with Gasteiger partial charge in [0.2, 0.25) is 0 Å². The van der Waals surface area contributed by atoms with Gasteiger partial charge in [0.25, 0.3) is 0 Å². The minimum atomic E-state index is -0.853. The molecule has 0 aliphatic carbocycles. The molecule has 0 radical (unpaired) electrons. The van der Waals surface area contributed by atoms with Crippen molar-refractivity contribution in [3.05, 3.63) is 64.7 Å². The number of para-hydroxylation sites is 2. The number of halogens is 2. The summed E-state index contributed by atoms with van der Waals surface area (Å²) in [6.45, 7) is 0. The molecule has 1 atom stereocenters. The Kier molecular flexibility index (Phi) is 3.66. The molecule has 3 aromatic rings. The molecule has 0 bridgehead atoms. The Morgan fingerprint density at radius 3 is 2.76 bits per heavy atom. The van der Waals surface area contributed by atoms with Crippen LogP contribution in [-0.4, -0.2) is 14.7 Å². The second-order valence-corrected chi connectivity index (χ2v) is 5.43. The fraction of sp³-hybridized carbons (Fsp3) is 0.188. The first-order chi connectivity index (χ1) is 10.0. The molecule has 0 saturated carbocycles. The molecule has 5 heteroatoms. The van der Waals surface area contributed by atoms with Crippen LogP contribution in [0.2, 0.25) is 5.02 Å². The molecule has 3 rings (SSSR count). The van der Waals surface area contributed by atoms with Crippen molar-refractivity contribution >= 4 is 22.6 Å². The Balaban J connectivity index is 1.92. The highest BCUT2D eigenvalue weighted by Gasteiger charge is 2.15. The summed E-state index contributed by atoms with van der Waals surface area (Å²) in [5.74, 6) is 0.283. The van der Waals surface area contributed by atoms with Crippen molar-refractivity contribution in [2.75, 3.05) is 0 Å². The van der Waals surface area contributed by atoms with Crippen LogP contribution in [0.4, 0.5) is 4.39 Å². The fourth-order valence-electron chi connectivity index (χ4n) is 2.44. The van der Waals surface area contributed by atoms with E-state index in [4.69, 9.17) is 11.6 Å². The third-order valence-corrected chi connectivity index (χ3v) is 3.74. The average molecular weight is 305 g/mol. The third-order valence-electron chi connectivity index (χ3n) is 3.53. The minimum Gasteiger partial charge on any atom is -0.388 e.